The fourth-order valence-corrected chi connectivity index (χ4v) is 3.38. The van der Waals surface area contributed by atoms with Crippen molar-refractivity contribution in [3.05, 3.63) is 47.7 Å². The number of methoxy groups -OCH3 is 1. The van der Waals surface area contributed by atoms with Crippen molar-refractivity contribution < 1.29 is 9.53 Å². The van der Waals surface area contributed by atoms with Crippen molar-refractivity contribution in [2.24, 2.45) is 0 Å². The van der Waals surface area contributed by atoms with Gasteiger partial charge in [0.25, 0.3) is 5.91 Å². The van der Waals surface area contributed by atoms with Gasteiger partial charge in [-0.3, -0.25) is 14.8 Å². The number of carbonyl (C=O) groups excluding carboxylic acids is 1. The minimum Gasteiger partial charge on any atom is -0.480 e. The largest absolute Gasteiger partial charge is 0.480 e. The van der Waals surface area contributed by atoms with Crippen LogP contribution in [0.4, 0.5) is 0 Å². The number of pyridine rings is 1. The van der Waals surface area contributed by atoms with Gasteiger partial charge in [-0.05, 0) is 39.1 Å². The number of carbonyl (C=O) groups is 1. The van der Waals surface area contributed by atoms with Gasteiger partial charge in [0.05, 0.1) is 18.5 Å². The number of aromatic nitrogens is 3. The quantitative estimate of drug-likeness (QED) is 0.816. The first-order chi connectivity index (χ1) is 12.6. The van der Waals surface area contributed by atoms with Crippen LogP contribution in [0.5, 0.6) is 5.88 Å². The van der Waals surface area contributed by atoms with Gasteiger partial charge in [-0.25, -0.2) is 4.98 Å². The van der Waals surface area contributed by atoms with E-state index in [1.54, 1.807) is 30.7 Å². The molecule has 1 fully saturated rings. The molecule has 7 nitrogen and oxygen atoms in total. The van der Waals surface area contributed by atoms with E-state index >= 15 is 0 Å². The summed E-state index contributed by atoms with van der Waals surface area (Å²) in [6.45, 7) is 2.16. The molecular formula is C19H25N5O2. The standard InChI is InChI=1S/C19H25N5O2/c1-23(2)13-16-17(21-10-9-20-16)14-6-11-24(12-7-14)19(25)15-5-4-8-22-18(15)26-3/h4-5,8-10,14H,6-7,11-13H2,1-3H3. The van der Waals surface area contributed by atoms with E-state index in [0.29, 0.717) is 30.5 Å². The number of rotatable bonds is 5. The molecule has 0 spiro atoms. The van der Waals surface area contributed by atoms with Crippen molar-refractivity contribution in [3.63, 3.8) is 0 Å². The van der Waals surface area contributed by atoms with Crippen LogP contribution in [-0.2, 0) is 6.54 Å². The van der Waals surface area contributed by atoms with Crippen molar-refractivity contribution in [3.8, 4) is 5.88 Å². The first-order valence-corrected chi connectivity index (χ1v) is 8.83. The van der Waals surface area contributed by atoms with Crippen LogP contribution in [0, 0.1) is 0 Å². The molecule has 0 saturated carbocycles. The maximum Gasteiger partial charge on any atom is 0.259 e. The van der Waals surface area contributed by atoms with Crippen molar-refractivity contribution in [1.82, 2.24) is 24.8 Å². The van der Waals surface area contributed by atoms with Crippen LogP contribution < -0.4 is 4.74 Å². The molecule has 0 N–H and O–H groups in total. The van der Waals surface area contributed by atoms with Gasteiger partial charge < -0.3 is 14.5 Å². The molecule has 0 bridgehead atoms. The summed E-state index contributed by atoms with van der Waals surface area (Å²) in [4.78, 5) is 30.0. The lowest BCUT2D eigenvalue weighted by molar-refractivity contribution is 0.0707. The Morgan fingerprint density at radius 1 is 1.19 bits per heavy atom. The van der Waals surface area contributed by atoms with Crippen LogP contribution >= 0.6 is 0 Å². The van der Waals surface area contributed by atoms with Gasteiger partial charge in [0.15, 0.2) is 0 Å². The number of piperidine rings is 1. The van der Waals surface area contributed by atoms with Gasteiger partial charge >= 0.3 is 0 Å². The molecule has 0 atom stereocenters. The molecule has 26 heavy (non-hydrogen) atoms. The number of amides is 1. The van der Waals surface area contributed by atoms with Crippen molar-refractivity contribution in [2.75, 3.05) is 34.3 Å². The number of nitrogens with zero attached hydrogens (tertiary/aromatic N) is 5. The second-order valence-electron chi connectivity index (χ2n) is 6.75. The van der Waals surface area contributed by atoms with E-state index < -0.39 is 0 Å². The van der Waals surface area contributed by atoms with Gasteiger partial charge in [0.1, 0.15) is 5.56 Å². The van der Waals surface area contributed by atoms with Crippen molar-refractivity contribution in [1.29, 1.82) is 0 Å². The average molecular weight is 355 g/mol. The van der Waals surface area contributed by atoms with Gasteiger partial charge in [0.2, 0.25) is 5.88 Å². The highest BCUT2D eigenvalue weighted by Gasteiger charge is 2.28. The molecule has 1 amide bonds. The lowest BCUT2D eigenvalue weighted by Crippen LogP contribution is -2.38. The van der Waals surface area contributed by atoms with E-state index in [0.717, 1.165) is 30.8 Å². The van der Waals surface area contributed by atoms with Crippen molar-refractivity contribution in [2.45, 2.75) is 25.3 Å². The summed E-state index contributed by atoms with van der Waals surface area (Å²) in [5.74, 6) is 0.682. The van der Waals surface area contributed by atoms with E-state index in [9.17, 15) is 4.79 Å². The number of hydrogen-bond acceptors (Lipinski definition) is 6. The predicted molar refractivity (Wildman–Crippen MR) is 98.1 cm³/mol. The topological polar surface area (TPSA) is 71.5 Å². The highest BCUT2D eigenvalue weighted by atomic mass is 16.5. The lowest BCUT2D eigenvalue weighted by Gasteiger charge is -2.32. The molecule has 1 aliphatic heterocycles. The summed E-state index contributed by atoms with van der Waals surface area (Å²) in [7, 11) is 5.59. The van der Waals surface area contributed by atoms with Crippen LogP contribution in [0.1, 0.15) is 40.5 Å². The van der Waals surface area contributed by atoms with E-state index in [4.69, 9.17) is 4.74 Å². The average Bonchev–Trinajstić information content (AvgIpc) is 2.67. The Morgan fingerprint density at radius 2 is 1.92 bits per heavy atom. The van der Waals surface area contributed by atoms with Gasteiger partial charge in [0, 0.05) is 44.1 Å². The predicted octanol–water partition coefficient (Wildman–Crippen LogP) is 1.96. The maximum absolute atomic E-state index is 12.8. The second-order valence-corrected chi connectivity index (χ2v) is 6.75. The highest BCUT2D eigenvalue weighted by molar-refractivity contribution is 5.96. The minimum absolute atomic E-state index is 0.0268. The number of likely N-dealkylation sites (tertiary alicyclic amines) is 1. The number of hydrogen-bond donors (Lipinski definition) is 0. The third-order valence-corrected chi connectivity index (χ3v) is 4.64. The summed E-state index contributed by atoms with van der Waals surface area (Å²) < 4.78 is 5.22. The number of ether oxygens (including phenoxy) is 1. The molecule has 3 rings (SSSR count). The summed E-state index contributed by atoms with van der Waals surface area (Å²) in [5, 5.41) is 0. The first kappa shape index (κ1) is 18.3. The van der Waals surface area contributed by atoms with E-state index in [1.165, 1.54) is 7.11 Å². The molecule has 0 unspecified atom stereocenters. The summed E-state index contributed by atoms with van der Waals surface area (Å²) in [6, 6.07) is 3.52. The molecule has 1 aliphatic rings. The zero-order chi connectivity index (χ0) is 18.5. The minimum atomic E-state index is -0.0268. The molecule has 1 saturated heterocycles. The smallest absolute Gasteiger partial charge is 0.259 e. The SMILES string of the molecule is COc1ncccc1C(=O)N1CCC(c2nccnc2CN(C)C)CC1. The Morgan fingerprint density at radius 3 is 2.62 bits per heavy atom. The zero-order valence-electron chi connectivity index (χ0n) is 15.6. The molecule has 138 valence electrons. The van der Waals surface area contributed by atoms with Crippen LogP contribution in [0.2, 0.25) is 0 Å². The second kappa shape index (κ2) is 8.23. The molecule has 0 aromatic carbocycles. The van der Waals surface area contributed by atoms with Gasteiger partial charge in [-0.2, -0.15) is 0 Å². The maximum atomic E-state index is 12.8. The molecule has 3 heterocycles. The van der Waals surface area contributed by atoms with E-state index in [2.05, 4.69) is 19.9 Å². The Kier molecular flexibility index (Phi) is 5.78. The Balaban J connectivity index is 1.69. The van der Waals surface area contributed by atoms with Crippen molar-refractivity contribution >= 4 is 5.91 Å². The van der Waals surface area contributed by atoms with Crippen LogP contribution in [0.25, 0.3) is 0 Å². The third kappa shape index (κ3) is 3.99. The summed E-state index contributed by atoms with van der Waals surface area (Å²) >= 11 is 0. The molecule has 2 aromatic rings. The Labute approximate surface area is 154 Å². The molecular weight excluding hydrogens is 330 g/mol. The van der Waals surface area contributed by atoms with Crippen LogP contribution in [0.3, 0.4) is 0 Å². The summed E-state index contributed by atoms with van der Waals surface area (Å²) in [5.41, 5.74) is 2.60. The zero-order valence-corrected chi connectivity index (χ0v) is 15.6. The Hall–Kier alpha value is -2.54. The van der Waals surface area contributed by atoms with Crippen LogP contribution in [-0.4, -0.2) is 65.0 Å². The van der Waals surface area contributed by atoms with E-state index in [1.807, 2.05) is 19.0 Å². The lowest BCUT2D eigenvalue weighted by atomic mass is 9.91. The highest BCUT2D eigenvalue weighted by Crippen LogP contribution is 2.29. The summed E-state index contributed by atoms with van der Waals surface area (Å²) in [6.07, 6.45) is 6.89. The molecule has 0 radical (unpaired) electrons. The fourth-order valence-electron chi connectivity index (χ4n) is 3.38. The molecule has 0 aliphatic carbocycles. The first-order valence-electron chi connectivity index (χ1n) is 8.83. The molecule has 2 aromatic heterocycles. The molecule has 7 heteroatoms. The van der Waals surface area contributed by atoms with Gasteiger partial charge in [-0.1, -0.05) is 0 Å². The normalized spacial score (nSPS) is 15.3. The Bertz CT molecular complexity index is 757. The van der Waals surface area contributed by atoms with Gasteiger partial charge in [-0.15, -0.1) is 0 Å². The fraction of sp³-hybridized carbons (Fsp3) is 0.474. The van der Waals surface area contributed by atoms with Crippen LogP contribution in [0.15, 0.2) is 30.7 Å². The third-order valence-electron chi connectivity index (χ3n) is 4.64. The monoisotopic (exact) mass is 355 g/mol. The van der Waals surface area contributed by atoms with E-state index in [-0.39, 0.29) is 5.91 Å².